The Labute approximate surface area is 314 Å². The summed E-state index contributed by atoms with van der Waals surface area (Å²) in [7, 11) is -4.00. The molecule has 0 radical (unpaired) electrons. The number of rotatable bonds is 11. The zero-order valence-corrected chi connectivity index (χ0v) is 36.5. The van der Waals surface area contributed by atoms with E-state index in [2.05, 4.69) is 112 Å². The van der Waals surface area contributed by atoms with Crippen LogP contribution in [0.2, 0.25) is 36.3 Å². The van der Waals surface area contributed by atoms with Crippen LogP contribution < -0.4 is 0 Å². The van der Waals surface area contributed by atoms with Gasteiger partial charge in [0, 0.05) is 12.8 Å². The summed E-state index contributed by atoms with van der Waals surface area (Å²) in [6, 6.07) is 10.2. The second-order valence-electron chi connectivity index (χ2n) is 20.4. The van der Waals surface area contributed by atoms with Crippen LogP contribution in [0.3, 0.4) is 0 Å². The zero-order chi connectivity index (χ0) is 37.8. The Morgan fingerprint density at radius 2 is 1.57 bits per heavy atom. The van der Waals surface area contributed by atoms with Crippen molar-refractivity contribution in [3.05, 3.63) is 71.3 Å². The van der Waals surface area contributed by atoms with Crippen molar-refractivity contribution in [2.24, 2.45) is 23.2 Å². The maximum absolute atomic E-state index is 13.6. The summed E-state index contributed by atoms with van der Waals surface area (Å²) in [6.07, 6.45) is 13.9. The molecule has 1 aromatic rings. The summed E-state index contributed by atoms with van der Waals surface area (Å²) < 4.78 is 14.2. The van der Waals surface area contributed by atoms with Crippen molar-refractivity contribution in [3.63, 3.8) is 0 Å². The lowest BCUT2D eigenvalue weighted by Crippen LogP contribution is -2.49. The van der Waals surface area contributed by atoms with Gasteiger partial charge in [0.15, 0.2) is 16.6 Å². The molecule has 7 atom stereocenters. The molecule has 4 nitrogen and oxygen atoms in total. The molecular weight excluding hydrogens is 661 g/mol. The third-order valence-electron chi connectivity index (χ3n) is 15.0. The van der Waals surface area contributed by atoms with E-state index in [9.17, 15) is 9.90 Å². The largest absolute Gasteiger partial charge is 0.413 e. The molecule has 0 saturated heterocycles. The Hall–Kier alpha value is -1.58. The van der Waals surface area contributed by atoms with Gasteiger partial charge >= 0.3 is 0 Å². The third kappa shape index (κ3) is 8.26. The van der Waals surface area contributed by atoms with Gasteiger partial charge in [0.2, 0.25) is 0 Å². The minimum atomic E-state index is -2.02. The van der Waals surface area contributed by atoms with E-state index in [1.165, 1.54) is 18.4 Å². The van der Waals surface area contributed by atoms with Crippen LogP contribution >= 0.6 is 0 Å². The number of hydrogen-bond acceptors (Lipinski definition) is 4. The molecule has 1 aromatic carbocycles. The van der Waals surface area contributed by atoms with Gasteiger partial charge in [-0.3, -0.25) is 4.79 Å². The molecule has 4 fully saturated rings. The van der Waals surface area contributed by atoms with E-state index in [1.54, 1.807) is 5.57 Å². The van der Waals surface area contributed by atoms with Crippen LogP contribution in [0.4, 0.5) is 0 Å². The van der Waals surface area contributed by atoms with Crippen molar-refractivity contribution >= 4 is 22.4 Å². The molecule has 0 spiro atoms. The molecule has 51 heavy (non-hydrogen) atoms. The molecule has 6 heteroatoms. The lowest BCUT2D eigenvalue weighted by Gasteiger charge is -2.46. The van der Waals surface area contributed by atoms with Gasteiger partial charge in [-0.25, -0.2) is 0 Å². The third-order valence-corrected chi connectivity index (χ3v) is 24.0. The lowest BCUT2D eigenvalue weighted by atomic mass is 9.60. The van der Waals surface area contributed by atoms with E-state index < -0.39 is 22.7 Å². The predicted octanol–water partition coefficient (Wildman–Crippen LogP) is 11.9. The summed E-state index contributed by atoms with van der Waals surface area (Å²) in [5.41, 5.74) is 4.87. The van der Waals surface area contributed by atoms with Crippen molar-refractivity contribution < 1.29 is 18.8 Å². The number of hydrogen-bond donors (Lipinski definition) is 1. The topological polar surface area (TPSA) is 55.8 Å². The predicted molar refractivity (Wildman–Crippen MR) is 219 cm³/mol. The molecule has 4 aliphatic rings. The van der Waals surface area contributed by atoms with Crippen molar-refractivity contribution in [2.45, 2.75) is 180 Å². The summed E-state index contributed by atoms with van der Waals surface area (Å²) in [5, 5.41) is 11.9. The fourth-order valence-corrected chi connectivity index (χ4v) is 12.0. The summed E-state index contributed by atoms with van der Waals surface area (Å²) in [6.45, 7) is 32.8. The molecule has 0 heterocycles. The number of fused-ring (bicyclic) bond motifs is 1. The van der Waals surface area contributed by atoms with Gasteiger partial charge in [-0.05, 0) is 128 Å². The van der Waals surface area contributed by atoms with Crippen LogP contribution in [-0.2, 0) is 19.1 Å². The SMILES string of the molecule is C=C1/C(=C\C=C2/CCC[C@@]3(C)C2CCC3[C@H](C)C(O)CC(=O)C2(c3ccccc3)CC2)CC(O[Si](C)(C)C(C)(C)C)CC1O[Si](C)(C)C(C)(C)C. The summed E-state index contributed by atoms with van der Waals surface area (Å²) in [5.74, 6) is 1.23. The quantitative estimate of drug-likeness (QED) is 0.230. The Balaban J connectivity index is 1.34. The number of ketones is 1. The number of aliphatic hydroxyl groups excluding tert-OH is 1. The van der Waals surface area contributed by atoms with Crippen LogP contribution in [0.5, 0.6) is 0 Å². The highest BCUT2D eigenvalue weighted by atomic mass is 28.4. The monoisotopic (exact) mass is 732 g/mol. The first-order chi connectivity index (χ1) is 23.5. The van der Waals surface area contributed by atoms with E-state index in [0.29, 0.717) is 11.8 Å². The Kier molecular flexibility index (Phi) is 11.6. The van der Waals surface area contributed by atoms with Crippen LogP contribution in [0.1, 0.15) is 125 Å². The maximum Gasteiger partial charge on any atom is 0.192 e. The highest BCUT2D eigenvalue weighted by Crippen LogP contribution is 2.60. The Morgan fingerprint density at radius 3 is 2.16 bits per heavy atom. The van der Waals surface area contributed by atoms with Crippen molar-refractivity contribution in [1.82, 2.24) is 0 Å². The van der Waals surface area contributed by atoms with Crippen LogP contribution in [0, 0.1) is 23.2 Å². The van der Waals surface area contributed by atoms with Crippen LogP contribution in [0.15, 0.2) is 65.8 Å². The van der Waals surface area contributed by atoms with Gasteiger partial charge < -0.3 is 14.0 Å². The second kappa shape index (κ2) is 14.6. The van der Waals surface area contributed by atoms with Gasteiger partial charge in [0.25, 0.3) is 0 Å². The molecule has 1 N–H and O–H groups in total. The van der Waals surface area contributed by atoms with Gasteiger partial charge in [-0.15, -0.1) is 0 Å². The van der Waals surface area contributed by atoms with Crippen molar-refractivity contribution in [2.75, 3.05) is 0 Å². The van der Waals surface area contributed by atoms with Gasteiger partial charge in [0.05, 0.1) is 23.7 Å². The first-order valence-electron chi connectivity index (χ1n) is 20.2. The number of carbonyl (C=O) groups excluding carboxylic acids is 1. The highest BCUT2D eigenvalue weighted by Gasteiger charge is 2.54. The highest BCUT2D eigenvalue weighted by molar-refractivity contribution is 6.74. The zero-order valence-electron chi connectivity index (χ0n) is 34.5. The average Bonchev–Trinajstić information content (AvgIpc) is 3.77. The molecule has 5 unspecified atom stereocenters. The Bertz CT molecular complexity index is 1490. The molecule has 4 saturated carbocycles. The molecule has 4 aliphatic carbocycles. The Morgan fingerprint density at radius 1 is 0.961 bits per heavy atom. The van der Waals surface area contributed by atoms with Crippen molar-refractivity contribution in [3.8, 4) is 0 Å². The summed E-state index contributed by atoms with van der Waals surface area (Å²) in [4.78, 5) is 13.6. The number of allylic oxidation sites excluding steroid dienone is 3. The van der Waals surface area contributed by atoms with E-state index in [0.717, 1.165) is 56.1 Å². The molecule has 0 aliphatic heterocycles. The molecular formula is C45H72O4Si2. The first-order valence-corrected chi connectivity index (χ1v) is 26.1. The maximum atomic E-state index is 13.6. The van der Waals surface area contributed by atoms with Crippen LogP contribution in [0.25, 0.3) is 0 Å². The fourth-order valence-electron chi connectivity index (χ4n) is 9.36. The van der Waals surface area contributed by atoms with Gasteiger partial charge in [-0.2, -0.15) is 0 Å². The number of Topliss-reactive ketones (excluding diaryl/α,β-unsaturated/α-hetero) is 1. The molecule has 0 bridgehead atoms. The van der Waals surface area contributed by atoms with Gasteiger partial charge in [-0.1, -0.05) is 110 Å². The van der Waals surface area contributed by atoms with E-state index >= 15 is 0 Å². The first kappa shape index (κ1) is 40.6. The molecule has 284 valence electrons. The standard InChI is InChI=1S/C45H72O4Si2/c1-31-34(28-36(48-50(10,11)42(3,4)5)29-40(31)49-51(12,13)43(6,7)8)22-21-33-18-17-25-44(9)37(23-24-38(33)44)32(2)39(46)30-41(47)45(26-27-45)35-19-15-14-16-20-35/h14-16,19-22,32,36-40,46H,1,17-18,23-30H2,2-13H3/b33-21+,34-22-/t32-,36?,37?,38?,39?,40?,44+/m0/s1. The number of aliphatic hydroxyl groups is 1. The van der Waals surface area contributed by atoms with E-state index in [-0.39, 0.29) is 51.2 Å². The minimum absolute atomic E-state index is 0.0201. The minimum Gasteiger partial charge on any atom is -0.413 e. The van der Waals surface area contributed by atoms with Gasteiger partial charge in [0.1, 0.15) is 5.78 Å². The lowest BCUT2D eigenvalue weighted by molar-refractivity contribution is -0.124. The van der Waals surface area contributed by atoms with E-state index in [4.69, 9.17) is 8.85 Å². The molecule has 5 rings (SSSR count). The molecule has 0 amide bonds. The fraction of sp³-hybridized carbons (Fsp3) is 0.711. The average molecular weight is 733 g/mol. The molecule has 0 aromatic heterocycles. The van der Waals surface area contributed by atoms with Crippen molar-refractivity contribution in [1.29, 1.82) is 0 Å². The van der Waals surface area contributed by atoms with E-state index in [1.807, 2.05) is 18.2 Å². The number of carbonyl (C=O) groups is 1. The second-order valence-corrected chi connectivity index (χ2v) is 29.9. The van der Waals surface area contributed by atoms with Crippen LogP contribution in [-0.4, -0.2) is 45.8 Å². The number of benzene rings is 1. The normalized spacial score (nSPS) is 31.4. The summed E-state index contributed by atoms with van der Waals surface area (Å²) >= 11 is 0. The smallest absolute Gasteiger partial charge is 0.192 e.